The Labute approximate surface area is 197 Å². The molecule has 1 aromatic heterocycles. The number of carbonyl (C=O) groups is 1. The number of nitriles is 1. The number of benzene rings is 2. The summed E-state index contributed by atoms with van der Waals surface area (Å²) in [6.45, 7) is 3.39. The van der Waals surface area contributed by atoms with Crippen molar-refractivity contribution in [1.82, 2.24) is 4.98 Å². The molecule has 0 atom stereocenters. The lowest BCUT2D eigenvalue weighted by Gasteiger charge is -2.13. The van der Waals surface area contributed by atoms with E-state index in [2.05, 4.69) is 15.0 Å². The summed E-state index contributed by atoms with van der Waals surface area (Å²) < 4.78 is 33.4. The van der Waals surface area contributed by atoms with Gasteiger partial charge in [0.25, 0.3) is 15.6 Å². The van der Waals surface area contributed by atoms with Gasteiger partial charge in [-0.15, -0.1) is 0 Å². The highest BCUT2D eigenvalue weighted by Crippen LogP contribution is 2.27. The monoisotopic (exact) mass is 480 g/mol. The maximum atomic E-state index is 12.8. The van der Waals surface area contributed by atoms with Gasteiger partial charge in [0.15, 0.2) is 0 Å². The Balaban J connectivity index is 1.73. The molecule has 176 valence electrons. The normalized spacial score (nSPS) is 10.9. The fourth-order valence-corrected chi connectivity index (χ4v) is 4.67. The number of aromatic nitrogens is 1. The number of carbonyl (C=O) groups excluding carboxylic acids is 1. The standard InChI is InChI=1S/C24H24N4O5S/c1-15-19(16(2)26-24(30)20(15)14-25)11-12-23(29)27-17-7-6-8-18(13-17)34(31,32)28-21-9-4-5-10-22(21)33-3/h4-10,13,28H,11-12H2,1-3H3,(H,26,30)(H,27,29). The fraction of sp³-hybridized carbons (Fsp3) is 0.208. The van der Waals surface area contributed by atoms with E-state index in [-0.39, 0.29) is 22.8 Å². The third-order valence-electron chi connectivity index (χ3n) is 5.30. The van der Waals surface area contributed by atoms with Crippen LogP contribution in [0.15, 0.2) is 58.2 Å². The maximum absolute atomic E-state index is 12.8. The first-order valence-electron chi connectivity index (χ1n) is 10.3. The molecule has 0 aliphatic heterocycles. The van der Waals surface area contributed by atoms with Gasteiger partial charge < -0.3 is 15.0 Å². The molecule has 1 heterocycles. The summed E-state index contributed by atoms with van der Waals surface area (Å²) in [4.78, 5) is 27.0. The molecule has 1 amide bonds. The van der Waals surface area contributed by atoms with E-state index in [0.717, 1.165) is 5.56 Å². The van der Waals surface area contributed by atoms with Gasteiger partial charge in [-0.05, 0) is 61.7 Å². The Bertz CT molecular complexity index is 1440. The third kappa shape index (κ3) is 5.44. The quantitative estimate of drug-likeness (QED) is 0.452. The number of ether oxygens (including phenoxy) is 1. The van der Waals surface area contributed by atoms with Crippen LogP contribution in [0.2, 0.25) is 0 Å². The minimum absolute atomic E-state index is 0.0257. The lowest BCUT2D eigenvalue weighted by atomic mass is 9.99. The Kier molecular flexibility index (Phi) is 7.38. The average molecular weight is 481 g/mol. The molecule has 0 spiro atoms. The molecular formula is C24H24N4O5S. The van der Waals surface area contributed by atoms with Gasteiger partial charge in [0.2, 0.25) is 5.91 Å². The molecule has 0 saturated carbocycles. The molecule has 3 rings (SSSR count). The van der Waals surface area contributed by atoms with Crippen molar-refractivity contribution >= 4 is 27.3 Å². The highest BCUT2D eigenvalue weighted by Gasteiger charge is 2.18. The zero-order chi connectivity index (χ0) is 24.9. The van der Waals surface area contributed by atoms with E-state index in [1.165, 1.54) is 25.3 Å². The van der Waals surface area contributed by atoms with Gasteiger partial charge in [0, 0.05) is 17.8 Å². The summed E-state index contributed by atoms with van der Waals surface area (Å²) >= 11 is 0. The lowest BCUT2D eigenvalue weighted by molar-refractivity contribution is -0.116. The largest absolute Gasteiger partial charge is 0.495 e. The Morgan fingerprint density at radius 3 is 2.59 bits per heavy atom. The van der Waals surface area contributed by atoms with Crippen LogP contribution in [-0.2, 0) is 21.2 Å². The molecule has 0 bridgehead atoms. The number of amides is 1. The summed E-state index contributed by atoms with van der Waals surface area (Å²) in [5.41, 5.74) is 2.07. The van der Waals surface area contributed by atoms with Gasteiger partial charge in [-0.25, -0.2) is 8.42 Å². The van der Waals surface area contributed by atoms with Crippen molar-refractivity contribution < 1.29 is 17.9 Å². The molecule has 34 heavy (non-hydrogen) atoms. The van der Waals surface area contributed by atoms with Crippen molar-refractivity contribution in [1.29, 1.82) is 5.26 Å². The van der Waals surface area contributed by atoms with E-state index >= 15 is 0 Å². The number of aromatic amines is 1. The van der Waals surface area contributed by atoms with Crippen LogP contribution in [-0.4, -0.2) is 26.4 Å². The molecule has 9 nitrogen and oxygen atoms in total. The van der Waals surface area contributed by atoms with E-state index in [1.807, 2.05) is 6.07 Å². The first kappa shape index (κ1) is 24.5. The number of nitrogens with one attached hydrogen (secondary N) is 3. The first-order valence-corrected chi connectivity index (χ1v) is 11.8. The second kappa shape index (κ2) is 10.2. The number of hydrogen-bond donors (Lipinski definition) is 3. The predicted molar refractivity (Wildman–Crippen MR) is 128 cm³/mol. The van der Waals surface area contributed by atoms with E-state index in [9.17, 15) is 23.3 Å². The summed E-state index contributed by atoms with van der Waals surface area (Å²) in [7, 11) is -2.48. The van der Waals surface area contributed by atoms with Gasteiger partial charge in [0.05, 0.1) is 17.7 Å². The number of pyridine rings is 1. The second-order valence-electron chi connectivity index (χ2n) is 7.55. The first-order chi connectivity index (χ1) is 16.2. The number of aryl methyl sites for hydroxylation is 1. The molecule has 0 unspecified atom stereocenters. The topological polar surface area (TPSA) is 141 Å². The summed E-state index contributed by atoms with van der Waals surface area (Å²) in [5.74, 6) is 0.0404. The van der Waals surface area contributed by atoms with Crippen molar-refractivity contribution in [2.45, 2.75) is 31.6 Å². The van der Waals surface area contributed by atoms with E-state index < -0.39 is 15.6 Å². The molecule has 3 N–H and O–H groups in total. The molecule has 0 aliphatic rings. The lowest BCUT2D eigenvalue weighted by Crippen LogP contribution is -2.18. The minimum atomic E-state index is -3.93. The predicted octanol–water partition coefficient (Wildman–Crippen LogP) is 3.24. The van der Waals surface area contributed by atoms with Crippen LogP contribution in [0.5, 0.6) is 5.75 Å². The van der Waals surface area contributed by atoms with Crippen LogP contribution in [0, 0.1) is 25.2 Å². The maximum Gasteiger partial charge on any atom is 0.266 e. The number of para-hydroxylation sites is 2. The van der Waals surface area contributed by atoms with Crippen molar-refractivity contribution in [2.75, 3.05) is 17.1 Å². The molecule has 0 radical (unpaired) electrons. The number of sulfonamides is 1. The summed E-state index contributed by atoms with van der Waals surface area (Å²) in [6, 6.07) is 14.4. The van der Waals surface area contributed by atoms with Crippen LogP contribution < -0.4 is 20.3 Å². The van der Waals surface area contributed by atoms with E-state index in [0.29, 0.717) is 34.8 Å². The van der Waals surface area contributed by atoms with Crippen LogP contribution >= 0.6 is 0 Å². The Morgan fingerprint density at radius 2 is 1.88 bits per heavy atom. The Hall–Kier alpha value is -4.10. The molecule has 0 aliphatic carbocycles. The zero-order valence-corrected chi connectivity index (χ0v) is 19.7. The SMILES string of the molecule is COc1ccccc1NS(=O)(=O)c1cccc(NC(=O)CCc2c(C)[nH]c(=O)c(C#N)c2C)c1. The number of hydrogen-bond acceptors (Lipinski definition) is 6. The van der Waals surface area contributed by atoms with Gasteiger partial charge in [-0.3, -0.25) is 14.3 Å². The van der Waals surface area contributed by atoms with Crippen molar-refractivity contribution in [2.24, 2.45) is 0 Å². The molecule has 3 aromatic rings. The van der Waals surface area contributed by atoms with Crippen LogP contribution in [0.3, 0.4) is 0 Å². The fourth-order valence-electron chi connectivity index (χ4n) is 3.56. The van der Waals surface area contributed by atoms with E-state index in [1.54, 1.807) is 44.2 Å². The minimum Gasteiger partial charge on any atom is -0.495 e. The number of rotatable bonds is 8. The number of H-pyrrole nitrogens is 1. The van der Waals surface area contributed by atoms with Crippen LogP contribution in [0.4, 0.5) is 11.4 Å². The third-order valence-corrected chi connectivity index (χ3v) is 6.66. The van der Waals surface area contributed by atoms with Gasteiger partial charge >= 0.3 is 0 Å². The Morgan fingerprint density at radius 1 is 1.15 bits per heavy atom. The smallest absolute Gasteiger partial charge is 0.266 e. The van der Waals surface area contributed by atoms with Gasteiger partial charge in [0.1, 0.15) is 17.4 Å². The van der Waals surface area contributed by atoms with E-state index in [4.69, 9.17) is 4.74 Å². The number of methoxy groups -OCH3 is 1. The molecule has 2 aromatic carbocycles. The molecule has 0 saturated heterocycles. The molecule has 0 fully saturated rings. The highest BCUT2D eigenvalue weighted by atomic mass is 32.2. The van der Waals surface area contributed by atoms with Gasteiger partial charge in [-0.2, -0.15) is 5.26 Å². The van der Waals surface area contributed by atoms with Crippen LogP contribution in [0.1, 0.15) is 28.8 Å². The summed E-state index contributed by atoms with van der Waals surface area (Å²) in [5, 5.41) is 11.9. The zero-order valence-electron chi connectivity index (χ0n) is 18.9. The highest BCUT2D eigenvalue weighted by molar-refractivity contribution is 7.92. The van der Waals surface area contributed by atoms with Crippen molar-refractivity contribution in [3.8, 4) is 11.8 Å². The summed E-state index contributed by atoms with van der Waals surface area (Å²) in [6.07, 6.45) is 0.386. The molecule has 10 heteroatoms. The van der Waals surface area contributed by atoms with Gasteiger partial charge in [-0.1, -0.05) is 18.2 Å². The number of nitrogens with zero attached hydrogens (tertiary/aromatic N) is 1. The van der Waals surface area contributed by atoms with Crippen molar-refractivity contribution in [3.63, 3.8) is 0 Å². The molecular weight excluding hydrogens is 456 g/mol. The van der Waals surface area contributed by atoms with Crippen LogP contribution in [0.25, 0.3) is 0 Å². The number of anilines is 2. The van der Waals surface area contributed by atoms with Crippen molar-refractivity contribution in [3.05, 3.63) is 81.3 Å². The average Bonchev–Trinajstić information content (AvgIpc) is 2.79. The second-order valence-corrected chi connectivity index (χ2v) is 9.23.